The zero-order valence-corrected chi connectivity index (χ0v) is 11.1. The number of benzene rings is 1. The largest absolute Gasteiger partial charge is 0.289 e. The standard InChI is InChI=1S/C11H12ClNO2Si/c1-16(2,3)9-6-4-5-8(12)10(9)11(15)13-7-14/h4-6H,1-3H3. The monoisotopic (exact) mass is 253 g/mol. The number of isocyanates is 1. The van der Waals surface area contributed by atoms with Gasteiger partial charge < -0.3 is 0 Å². The fourth-order valence-corrected chi connectivity index (χ4v) is 3.39. The van der Waals surface area contributed by atoms with Crippen molar-refractivity contribution in [1.29, 1.82) is 0 Å². The Morgan fingerprint density at radius 2 is 2.00 bits per heavy atom. The van der Waals surface area contributed by atoms with Gasteiger partial charge in [0.15, 0.2) is 0 Å². The van der Waals surface area contributed by atoms with Gasteiger partial charge in [-0.05, 0) is 11.3 Å². The molecule has 0 N–H and O–H groups in total. The smallest absolute Gasteiger partial charge is 0.266 e. The van der Waals surface area contributed by atoms with E-state index in [1.165, 1.54) is 6.08 Å². The maximum absolute atomic E-state index is 11.6. The molecule has 0 heterocycles. The lowest BCUT2D eigenvalue weighted by Gasteiger charge is -2.19. The first-order valence-electron chi connectivity index (χ1n) is 4.79. The highest BCUT2D eigenvalue weighted by atomic mass is 35.5. The van der Waals surface area contributed by atoms with Crippen LogP contribution in [0.1, 0.15) is 10.4 Å². The summed E-state index contributed by atoms with van der Waals surface area (Å²) in [6.07, 6.45) is 1.25. The van der Waals surface area contributed by atoms with E-state index in [1.54, 1.807) is 12.1 Å². The molecule has 0 aromatic heterocycles. The Morgan fingerprint density at radius 3 is 2.50 bits per heavy atom. The minimum Gasteiger partial charge on any atom is -0.266 e. The first-order chi connectivity index (χ1) is 7.38. The number of nitrogens with zero attached hydrogens (tertiary/aromatic N) is 1. The normalized spacial score (nSPS) is 10.8. The Morgan fingerprint density at radius 1 is 1.38 bits per heavy atom. The molecular weight excluding hydrogens is 242 g/mol. The molecule has 0 aliphatic carbocycles. The zero-order valence-electron chi connectivity index (χ0n) is 9.37. The second-order valence-corrected chi connectivity index (χ2v) is 9.87. The predicted molar refractivity (Wildman–Crippen MR) is 66.9 cm³/mol. The van der Waals surface area contributed by atoms with Crippen LogP contribution in [0.3, 0.4) is 0 Å². The average Bonchev–Trinajstić information content (AvgIpc) is 2.16. The highest BCUT2D eigenvalue weighted by Crippen LogP contribution is 2.18. The van der Waals surface area contributed by atoms with Gasteiger partial charge in [0, 0.05) is 0 Å². The van der Waals surface area contributed by atoms with Crippen LogP contribution < -0.4 is 5.19 Å². The summed E-state index contributed by atoms with van der Waals surface area (Å²) in [7, 11) is -1.70. The third kappa shape index (κ3) is 2.67. The van der Waals surface area contributed by atoms with Crippen LogP contribution in [0, 0.1) is 0 Å². The van der Waals surface area contributed by atoms with Gasteiger partial charge in [-0.25, -0.2) is 4.79 Å². The van der Waals surface area contributed by atoms with Crippen LogP contribution in [0.5, 0.6) is 0 Å². The Hall–Kier alpha value is -1.22. The summed E-state index contributed by atoms with van der Waals surface area (Å²) in [5.74, 6) is -0.613. The molecule has 1 amide bonds. The first kappa shape index (κ1) is 12.8. The van der Waals surface area contributed by atoms with Crippen molar-refractivity contribution in [3.63, 3.8) is 0 Å². The lowest BCUT2D eigenvalue weighted by Crippen LogP contribution is -2.41. The fourth-order valence-electron chi connectivity index (χ4n) is 1.46. The molecule has 0 aliphatic heterocycles. The second kappa shape index (κ2) is 4.74. The maximum Gasteiger partial charge on any atom is 0.289 e. The molecule has 0 saturated heterocycles. The molecule has 1 rings (SSSR count). The summed E-state index contributed by atoms with van der Waals surface area (Å²) in [5, 5.41) is 1.24. The van der Waals surface area contributed by atoms with Gasteiger partial charge in [-0.1, -0.05) is 43.4 Å². The summed E-state index contributed by atoms with van der Waals surface area (Å²) < 4.78 is 0. The molecule has 0 atom stereocenters. The van der Waals surface area contributed by atoms with Crippen LogP contribution in [0.25, 0.3) is 0 Å². The number of aliphatic imine (C=N–C) groups is 1. The van der Waals surface area contributed by atoms with Crippen molar-refractivity contribution in [1.82, 2.24) is 0 Å². The van der Waals surface area contributed by atoms with Crippen molar-refractivity contribution in [3.8, 4) is 0 Å². The van der Waals surface area contributed by atoms with Crippen molar-refractivity contribution < 1.29 is 9.59 Å². The summed E-state index contributed by atoms with van der Waals surface area (Å²) in [6.45, 7) is 6.29. The van der Waals surface area contributed by atoms with Gasteiger partial charge in [-0.2, -0.15) is 0 Å². The van der Waals surface area contributed by atoms with Crippen LogP contribution in [-0.2, 0) is 4.79 Å². The van der Waals surface area contributed by atoms with Gasteiger partial charge in [-0.3, -0.25) is 4.79 Å². The van der Waals surface area contributed by atoms with Crippen molar-refractivity contribution >= 4 is 36.8 Å². The molecule has 84 valence electrons. The van der Waals surface area contributed by atoms with E-state index in [0.717, 1.165) is 5.19 Å². The summed E-state index contributed by atoms with van der Waals surface area (Å²) >= 11 is 5.98. The lowest BCUT2D eigenvalue weighted by molar-refractivity contribution is 0.100. The first-order valence-corrected chi connectivity index (χ1v) is 8.67. The molecule has 1 aromatic rings. The number of halogens is 1. The lowest BCUT2D eigenvalue weighted by atomic mass is 10.2. The highest BCUT2D eigenvalue weighted by Gasteiger charge is 2.25. The Labute approximate surface area is 100 Å². The van der Waals surface area contributed by atoms with Crippen molar-refractivity contribution in [2.45, 2.75) is 19.6 Å². The number of carbonyl (C=O) groups is 1. The molecule has 3 nitrogen and oxygen atoms in total. The predicted octanol–water partition coefficient (Wildman–Crippen LogP) is 2.36. The Bertz CT molecular complexity index is 473. The SMILES string of the molecule is C[Si](C)(C)c1cccc(Cl)c1C(=O)N=C=O. The third-order valence-corrected chi connectivity index (χ3v) is 4.53. The van der Waals surface area contributed by atoms with Crippen molar-refractivity contribution in [2.24, 2.45) is 4.99 Å². The third-order valence-electron chi connectivity index (χ3n) is 2.18. The fraction of sp³-hybridized carbons (Fsp3) is 0.273. The molecule has 0 saturated carbocycles. The summed E-state index contributed by atoms with van der Waals surface area (Å²) in [4.78, 5) is 24.9. The minimum atomic E-state index is -1.70. The topological polar surface area (TPSA) is 46.5 Å². The summed E-state index contributed by atoms with van der Waals surface area (Å²) in [6, 6.07) is 5.29. The van der Waals surface area contributed by atoms with Gasteiger partial charge in [0.05, 0.1) is 18.7 Å². The van der Waals surface area contributed by atoms with Gasteiger partial charge in [0.2, 0.25) is 6.08 Å². The van der Waals surface area contributed by atoms with Crippen LogP contribution >= 0.6 is 11.6 Å². The number of carbonyl (C=O) groups excluding carboxylic acids is 2. The minimum absolute atomic E-state index is 0.337. The highest BCUT2D eigenvalue weighted by molar-refractivity contribution is 6.89. The molecule has 0 spiro atoms. The van der Waals surface area contributed by atoms with E-state index in [1.807, 2.05) is 6.07 Å². The molecule has 5 heteroatoms. The average molecular weight is 254 g/mol. The number of amides is 1. The zero-order chi connectivity index (χ0) is 12.3. The van der Waals surface area contributed by atoms with E-state index in [4.69, 9.17) is 11.6 Å². The summed E-state index contributed by atoms with van der Waals surface area (Å²) in [5.41, 5.74) is 0.340. The molecule has 16 heavy (non-hydrogen) atoms. The van der Waals surface area contributed by atoms with Crippen LogP contribution in [-0.4, -0.2) is 20.1 Å². The Balaban J connectivity index is 3.47. The van der Waals surface area contributed by atoms with E-state index in [2.05, 4.69) is 24.6 Å². The number of hydrogen-bond acceptors (Lipinski definition) is 2. The maximum atomic E-state index is 11.6. The molecule has 0 aliphatic rings. The molecule has 0 radical (unpaired) electrons. The van der Waals surface area contributed by atoms with Crippen molar-refractivity contribution in [3.05, 3.63) is 28.8 Å². The number of hydrogen-bond donors (Lipinski definition) is 0. The molecule has 0 unspecified atom stereocenters. The van der Waals surface area contributed by atoms with Gasteiger partial charge in [-0.15, -0.1) is 4.99 Å². The molecule has 0 fully saturated rings. The van der Waals surface area contributed by atoms with Gasteiger partial charge in [0.25, 0.3) is 5.91 Å². The van der Waals surface area contributed by atoms with E-state index >= 15 is 0 Å². The Kier molecular flexibility index (Phi) is 3.81. The van der Waals surface area contributed by atoms with Crippen LogP contribution in [0.15, 0.2) is 23.2 Å². The molecule has 1 aromatic carbocycles. The van der Waals surface area contributed by atoms with Crippen molar-refractivity contribution in [2.75, 3.05) is 0 Å². The quantitative estimate of drug-likeness (QED) is 0.462. The van der Waals surface area contributed by atoms with E-state index < -0.39 is 14.0 Å². The van der Waals surface area contributed by atoms with Gasteiger partial charge in [0.1, 0.15) is 0 Å². The van der Waals surface area contributed by atoms with Crippen LogP contribution in [0.2, 0.25) is 24.7 Å². The van der Waals surface area contributed by atoms with E-state index in [9.17, 15) is 9.59 Å². The van der Waals surface area contributed by atoms with Gasteiger partial charge >= 0.3 is 0 Å². The molecular formula is C11H12ClNO2Si. The van der Waals surface area contributed by atoms with E-state index in [-0.39, 0.29) is 0 Å². The molecule has 0 bridgehead atoms. The van der Waals surface area contributed by atoms with E-state index in [0.29, 0.717) is 10.6 Å². The second-order valence-electron chi connectivity index (χ2n) is 4.42. The number of rotatable bonds is 2. The van der Waals surface area contributed by atoms with Crippen LogP contribution in [0.4, 0.5) is 0 Å².